The molecule has 1 aromatic carbocycles. The van der Waals surface area contributed by atoms with Crippen LogP contribution < -0.4 is 10.6 Å². The molecule has 2 aromatic rings. The van der Waals surface area contributed by atoms with Crippen LogP contribution in [0.15, 0.2) is 24.3 Å². The molecule has 1 atom stereocenters. The summed E-state index contributed by atoms with van der Waals surface area (Å²) in [7, 11) is 0. The van der Waals surface area contributed by atoms with Crippen molar-refractivity contribution in [2.45, 2.75) is 38.8 Å². The Kier molecular flexibility index (Phi) is 3.26. The van der Waals surface area contributed by atoms with Crippen LogP contribution in [0.2, 0.25) is 0 Å². The predicted molar refractivity (Wildman–Crippen MR) is 78.5 cm³/mol. The zero-order chi connectivity index (χ0) is 14.1. The maximum atomic E-state index is 12.0. The van der Waals surface area contributed by atoms with Gasteiger partial charge >= 0.3 is 0 Å². The van der Waals surface area contributed by atoms with Crippen molar-refractivity contribution in [2.75, 3.05) is 5.32 Å². The highest BCUT2D eigenvalue weighted by Crippen LogP contribution is 2.23. The van der Waals surface area contributed by atoms with Gasteiger partial charge in [-0.25, -0.2) is 0 Å². The van der Waals surface area contributed by atoms with E-state index in [0.29, 0.717) is 11.9 Å². The predicted octanol–water partition coefficient (Wildman–Crippen LogP) is 2.02. The first-order chi connectivity index (χ1) is 9.65. The van der Waals surface area contributed by atoms with Gasteiger partial charge in [0.1, 0.15) is 6.04 Å². The van der Waals surface area contributed by atoms with Crippen LogP contribution in [0.4, 0.5) is 5.82 Å². The molecule has 1 fully saturated rings. The number of carbonyl (C=O) groups excluding carboxylic acids is 1. The van der Waals surface area contributed by atoms with E-state index in [1.54, 1.807) is 0 Å². The van der Waals surface area contributed by atoms with Gasteiger partial charge in [0, 0.05) is 16.8 Å². The SMILES string of the molecule is Cc1nnc(NC(C)C(=O)NC2CC2)c2ccccc12. The summed E-state index contributed by atoms with van der Waals surface area (Å²) in [5.41, 5.74) is 0.890. The van der Waals surface area contributed by atoms with Gasteiger partial charge in [-0.2, -0.15) is 5.10 Å². The van der Waals surface area contributed by atoms with Crippen molar-refractivity contribution >= 4 is 22.5 Å². The van der Waals surface area contributed by atoms with Crippen molar-refractivity contribution < 1.29 is 4.79 Å². The molecule has 2 N–H and O–H groups in total. The molecule has 0 saturated heterocycles. The van der Waals surface area contributed by atoms with Gasteiger partial charge < -0.3 is 10.6 Å². The van der Waals surface area contributed by atoms with Gasteiger partial charge in [0.25, 0.3) is 0 Å². The van der Waals surface area contributed by atoms with Crippen LogP contribution in [0.3, 0.4) is 0 Å². The summed E-state index contributed by atoms with van der Waals surface area (Å²) in [6.45, 7) is 3.77. The largest absolute Gasteiger partial charge is 0.357 e. The van der Waals surface area contributed by atoms with E-state index in [2.05, 4.69) is 20.8 Å². The van der Waals surface area contributed by atoms with Gasteiger partial charge in [0.2, 0.25) is 5.91 Å². The number of hydrogen-bond donors (Lipinski definition) is 2. The molecule has 0 aliphatic heterocycles. The fraction of sp³-hybridized carbons (Fsp3) is 0.400. The molecule has 3 rings (SSSR count). The van der Waals surface area contributed by atoms with E-state index < -0.39 is 0 Å². The molecule has 0 bridgehead atoms. The van der Waals surface area contributed by atoms with Crippen molar-refractivity contribution in [3.8, 4) is 0 Å². The quantitative estimate of drug-likeness (QED) is 0.892. The Morgan fingerprint density at radius 2 is 1.95 bits per heavy atom. The highest BCUT2D eigenvalue weighted by molar-refractivity contribution is 5.94. The molecule has 1 aliphatic rings. The summed E-state index contributed by atoms with van der Waals surface area (Å²) in [5.74, 6) is 0.670. The number of carbonyl (C=O) groups is 1. The van der Waals surface area contributed by atoms with Gasteiger partial charge in [-0.05, 0) is 26.7 Å². The van der Waals surface area contributed by atoms with E-state index >= 15 is 0 Å². The molecule has 5 nitrogen and oxygen atoms in total. The number of hydrogen-bond acceptors (Lipinski definition) is 4. The summed E-state index contributed by atoms with van der Waals surface area (Å²) in [5, 5.41) is 16.5. The minimum absolute atomic E-state index is 0.0129. The normalized spacial score (nSPS) is 15.9. The van der Waals surface area contributed by atoms with Crippen LogP contribution in [0.25, 0.3) is 10.8 Å². The van der Waals surface area contributed by atoms with Crippen LogP contribution in [0.1, 0.15) is 25.5 Å². The van der Waals surface area contributed by atoms with Gasteiger partial charge in [0.15, 0.2) is 5.82 Å². The third-order valence-corrected chi connectivity index (χ3v) is 3.54. The van der Waals surface area contributed by atoms with Crippen molar-refractivity contribution in [3.05, 3.63) is 30.0 Å². The Balaban J connectivity index is 1.83. The van der Waals surface area contributed by atoms with Gasteiger partial charge in [-0.3, -0.25) is 4.79 Å². The van der Waals surface area contributed by atoms with Crippen LogP contribution in [0.5, 0.6) is 0 Å². The van der Waals surface area contributed by atoms with Crippen molar-refractivity contribution in [3.63, 3.8) is 0 Å². The molecule has 1 aromatic heterocycles. The lowest BCUT2D eigenvalue weighted by Gasteiger charge is -2.15. The topological polar surface area (TPSA) is 66.9 Å². The Morgan fingerprint density at radius 3 is 2.65 bits per heavy atom. The maximum absolute atomic E-state index is 12.0. The number of rotatable bonds is 4. The average molecular weight is 270 g/mol. The van der Waals surface area contributed by atoms with E-state index in [0.717, 1.165) is 29.3 Å². The number of fused-ring (bicyclic) bond motifs is 1. The fourth-order valence-electron chi connectivity index (χ4n) is 2.17. The summed E-state index contributed by atoms with van der Waals surface area (Å²) in [4.78, 5) is 12.0. The van der Waals surface area contributed by atoms with E-state index in [1.807, 2.05) is 38.1 Å². The second-order valence-corrected chi connectivity index (χ2v) is 5.33. The van der Waals surface area contributed by atoms with Crippen molar-refractivity contribution in [1.82, 2.24) is 15.5 Å². The smallest absolute Gasteiger partial charge is 0.242 e. The third-order valence-electron chi connectivity index (χ3n) is 3.54. The van der Waals surface area contributed by atoms with Crippen molar-refractivity contribution in [2.24, 2.45) is 0 Å². The number of nitrogens with one attached hydrogen (secondary N) is 2. The van der Waals surface area contributed by atoms with Crippen molar-refractivity contribution in [1.29, 1.82) is 0 Å². The molecular formula is C15H18N4O. The lowest BCUT2D eigenvalue weighted by Crippen LogP contribution is -2.38. The molecular weight excluding hydrogens is 252 g/mol. The van der Waals surface area contributed by atoms with Crippen LogP contribution >= 0.6 is 0 Å². The molecule has 0 radical (unpaired) electrons. The molecule has 5 heteroatoms. The first-order valence-electron chi connectivity index (χ1n) is 6.94. The minimum Gasteiger partial charge on any atom is -0.357 e. The summed E-state index contributed by atoms with van der Waals surface area (Å²) < 4.78 is 0. The first-order valence-corrected chi connectivity index (χ1v) is 6.94. The fourth-order valence-corrected chi connectivity index (χ4v) is 2.17. The van der Waals surface area contributed by atoms with E-state index in [4.69, 9.17) is 0 Å². The standard InChI is InChI=1S/C15H18N4O/c1-9-12-5-3-4-6-13(12)14(19-18-9)16-10(2)15(20)17-11-7-8-11/h3-6,10-11H,7-8H2,1-2H3,(H,16,19)(H,17,20). The number of anilines is 1. The number of nitrogens with zero attached hydrogens (tertiary/aromatic N) is 2. The van der Waals surface area contributed by atoms with Crippen LogP contribution in [0, 0.1) is 6.92 Å². The lowest BCUT2D eigenvalue weighted by molar-refractivity contribution is -0.121. The van der Waals surface area contributed by atoms with Gasteiger partial charge in [-0.1, -0.05) is 24.3 Å². The highest BCUT2D eigenvalue weighted by atomic mass is 16.2. The Morgan fingerprint density at radius 1 is 1.25 bits per heavy atom. The Hall–Kier alpha value is -2.17. The lowest BCUT2D eigenvalue weighted by atomic mass is 10.1. The van der Waals surface area contributed by atoms with Crippen LogP contribution in [-0.4, -0.2) is 28.2 Å². The molecule has 1 saturated carbocycles. The second kappa shape index (κ2) is 5.07. The van der Waals surface area contributed by atoms with Gasteiger partial charge in [-0.15, -0.1) is 5.10 Å². The average Bonchev–Trinajstić information content (AvgIpc) is 3.26. The zero-order valence-corrected chi connectivity index (χ0v) is 11.7. The van der Waals surface area contributed by atoms with E-state index in [-0.39, 0.29) is 11.9 Å². The first kappa shape index (κ1) is 12.8. The van der Waals surface area contributed by atoms with E-state index in [1.165, 1.54) is 0 Å². The minimum atomic E-state index is -0.323. The monoisotopic (exact) mass is 270 g/mol. The molecule has 0 spiro atoms. The molecule has 1 amide bonds. The molecule has 1 unspecified atom stereocenters. The molecule has 1 heterocycles. The summed E-state index contributed by atoms with van der Waals surface area (Å²) in [6.07, 6.45) is 2.18. The van der Waals surface area contributed by atoms with E-state index in [9.17, 15) is 4.79 Å². The molecule has 1 aliphatic carbocycles. The van der Waals surface area contributed by atoms with Crippen LogP contribution in [-0.2, 0) is 4.79 Å². The summed E-state index contributed by atoms with van der Waals surface area (Å²) in [6, 6.07) is 7.99. The number of benzene rings is 1. The number of aryl methyl sites for hydroxylation is 1. The molecule has 20 heavy (non-hydrogen) atoms. The molecule has 104 valence electrons. The number of amides is 1. The Bertz CT molecular complexity index is 651. The summed E-state index contributed by atoms with van der Waals surface area (Å²) >= 11 is 0. The zero-order valence-electron chi connectivity index (χ0n) is 11.7. The third kappa shape index (κ3) is 2.57. The van der Waals surface area contributed by atoms with Gasteiger partial charge in [0.05, 0.1) is 5.69 Å². The maximum Gasteiger partial charge on any atom is 0.242 e. The highest BCUT2D eigenvalue weighted by Gasteiger charge is 2.25. The Labute approximate surface area is 117 Å². The number of aromatic nitrogens is 2. The second-order valence-electron chi connectivity index (χ2n) is 5.33.